The minimum Gasteiger partial charge on any atom is -0.504 e. The van der Waals surface area contributed by atoms with E-state index in [9.17, 15) is 19.8 Å². The Morgan fingerprint density at radius 1 is 0.711 bits per heavy atom. The second-order valence-electron chi connectivity index (χ2n) is 9.25. The van der Waals surface area contributed by atoms with E-state index in [0.29, 0.717) is 39.5 Å². The maximum Gasteiger partial charge on any atom is 0.275 e. The van der Waals surface area contributed by atoms with Crippen molar-refractivity contribution in [3.05, 3.63) is 126 Å². The Morgan fingerprint density at radius 2 is 1.13 bits per heavy atom. The number of hydrogen-bond donors (Lipinski definition) is 2. The van der Waals surface area contributed by atoms with Gasteiger partial charge in [-0.25, -0.2) is 9.36 Å². The van der Waals surface area contributed by atoms with E-state index in [0.717, 1.165) is 0 Å². The Bertz CT molecular complexity index is 1650. The zero-order valence-corrected chi connectivity index (χ0v) is 23.0. The molecule has 0 saturated heterocycles. The van der Waals surface area contributed by atoms with Crippen LogP contribution in [0.2, 0.25) is 0 Å². The minimum atomic E-state index is -0.829. The molecule has 2 heterocycles. The lowest BCUT2D eigenvalue weighted by Gasteiger charge is -2.18. The number of rotatable bonds is 5. The predicted octanol–water partition coefficient (Wildman–Crippen LogP) is 4.64. The van der Waals surface area contributed by atoms with Crippen molar-refractivity contribution in [2.75, 3.05) is 0 Å². The fourth-order valence-electron chi connectivity index (χ4n) is 5.09. The van der Waals surface area contributed by atoms with E-state index < -0.39 is 5.92 Å². The molecule has 8 nitrogen and oxygen atoms in total. The summed E-state index contributed by atoms with van der Waals surface area (Å²) in [6, 6.07) is 21.6. The zero-order valence-electron chi connectivity index (χ0n) is 21.4. The molecular formula is C29H27BrN4O4. The molecule has 2 aromatic heterocycles. The smallest absolute Gasteiger partial charge is 0.275 e. The lowest BCUT2D eigenvalue weighted by Crippen LogP contribution is -2.26. The van der Waals surface area contributed by atoms with Gasteiger partial charge in [0.15, 0.2) is 11.5 Å². The van der Waals surface area contributed by atoms with Crippen LogP contribution in [0.5, 0.6) is 11.5 Å². The van der Waals surface area contributed by atoms with Crippen molar-refractivity contribution < 1.29 is 10.2 Å². The van der Waals surface area contributed by atoms with E-state index >= 15 is 0 Å². The average Bonchev–Trinajstić information content (AvgIpc) is 3.26. The molecule has 0 aliphatic heterocycles. The maximum atomic E-state index is 14.1. The van der Waals surface area contributed by atoms with E-state index in [-0.39, 0.29) is 27.1 Å². The van der Waals surface area contributed by atoms with Crippen molar-refractivity contribution in [3.63, 3.8) is 0 Å². The van der Waals surface area contributed by atoms with Crippen LogP contribution in [-0.2, 0) is 14.1 Å². The van der Waals surface area contributed by atoms with Gasteiger partial charge in [-0.3, -0.25) is 19.0 Å². The molecule has 38 heavy (non-hydrogen) atoms. The van der Waals surface area contributed by atoms with Gasteiger partial charge in [-0.15, -0.1) is 0 Å². The fraction of sp³-hybridized carbons (Fsp3) is 0.172. The predicted molar refractivity (Wildman–Crippen MR) is 150 cm³/mol. The van der Waals surface area contributed by atoms with Crippen molar-refractivity contribution in [1.82, 2.24) is 18.7 Å². The van der Waals surface area contributed by atoms with Crippen molar-refractivity contribution >= 4 is 15.9 Å². The van der Waals surface area contributed by atoms with Crippen LogP contribution in [-0.4, -0.2) is 28.9 Å². The first kappa shape index (κ1) is 25.4. The Balaban J connectivity index is 1.88. The molecule has 2 N–H and O–H groups in total. The molecule has 0 aliphatic rings. The summed E-state index contributed by atoms with van der Waals surface area (Å²) < 4.78 is 6.93. The number of benzene rings is 3. The number of para-hydroxylation sites is 2. The van der Waals surface area contributed by atoms with Gasteiger partial charge in [-0.05, 0) is 71.7 Å². The average molecular weight is 575 g/mol. The second-order valence-corrected chi connectivity index (χ2v) is 10.1. The molecule has 5 rings (SSSR count). The summed E-state index contributed by atoms with van der Waals surface area (Å²) >= 11 is 3.31. The van der Waals surface area contributed by atoms with Crippen LogP contribution in [0.1, 0.15) is 34.0 Å². The van der Waals surface area contributed by atoms with E-state index in [2.05, 4.69) is 15.9 Å². The highest BCUT2D eigenvalue weighted by Crippen LogP contribution is 2.41. The van der Waals surface area contributed by atoms with E-state index in [4.69, 9.17) is 0 Å². The van der Waals surface area contributed by atoms with Crippen LogP contribution >= 0.6 is 15.9 Å². The Morgan fingerprint density at radius 3 is 1.53 bits per heavy atom. The topological polar surface area (TPSA) is 94.3 Å². The monoisotopic (exact) mass is 574 g/mol. The molecule has 0 radical (unpaired) electrons. The van der Waals surface area contributed by atoms with Gasteiger partial charge in [-0.1, -0.05) is 36.4 Å². The second kappa shape index (κ2) is 9.57. The van der Waals surface area contributed by atoms with Crippen LogP contribution in [0.3, 0.4) is 0 Å². The first-order chi connectivity index (χ1) is 18.1. The highest BCUT2D eigenvalue weighted by molar-refractivity contribution is 9.10. The van der Waals surface area contributed by atoms with Gasteiger partial charge < -0.3 is 10.2 Å². The van der Waals surface area contributed by atoms with E-state index in [1.165, 1.54) is 6.07 Å². The van der Waals surface area contributed by atoms with Crippen LogP contribution in [0, 0.1) is 13.8 Å². The molecule has 194 valence electrons. The number of phenolic OH excluding ortho intramolecular Hbond substituents is 2. The third kappa shape index (κ3) is 3.90. The van der Waals surface area contributed by atoms with Gasteiger partial charge in [0.1, 0.15) is 0 Å². The molecule has 0 saturated carbocycles. The normalized spacial score (nSPS) is 11.4. The van der Waals surface area contributed by atoms with Gasteiger partial charge in [0, 0.05) is 31.4 Å². The summed E-state index contributed by atoms with van der Waals surface area (Å²) in [5.74, 6) is -1.50. The van der Waals surface area contributed by atoms with Crippen LogP contribution in [0.15, 0.2) is 86.9 Å². The van der Waals surface area contributed by atoms with Crippen LogP contribution in [0.4, 0.5) is 0 Å². The standard InChI is InChI=1S/C29H27BrN4O4/c1-17-24(28(37)33(31(17)3)20-11-7-5-8-12-20)26(19-15-22(30)27(36)23(35)16-19)25-18(2)32(4)34(29(25)38)21-13-9-6-10-14-21/h5-16,26,35-36H,1-4H3. The summed E-state index contributed by atoms with van der Waals surface area (Å²) in [7, 11) is 3.60. The third-order valence-electron chi connectivity index (χ3n) is 7.17. The van der Waals surface area contributed by atoms with Crippen molar-refractivity contribution in [3.8, 4) is 22.9 Å². The maximum absolute atomic E-state index is 14.1. The Labute approximate surface area is 227 Å². The van der Waals surface area contributed by atoms with Gasteiger partial charge in [0.2, 0.25) is 0 Å². The summed E-state index contributed by atoms with van der Waals surface area (Å²) in [5, 5.41) is 20.7. The third-order valence-corrected chi connectivity index (χ3v) is 7.78. The molecule has 0 spiro atoms. The first-order valence-electron chi connectivity index (χ1n) is 12.0. The zero-order chi connectivity index (χ0) is 27.3. The summed E-state index contributed by atoms with van der Waals surface area (Å²) in [4.78, 5) is 28.2. The molecule has 3 aromatic carbocycles. The van der Waals surface area contributed by atoms with Crippen molar-refractivity contribution in [2.45, 2.75) is 19.8 Å². The van der Waals surface area contributed by atoms with Crippen molar-refractivity contribution in [1.29, 1.82) is 0 Å². The van der Waals surface area contributed by atoms with Gasteiger partial charge in [0.25, 0.3) is 11.1 Å². The summed E-state index contributed by atoms with van der Waals surface area (Å²) in [6.45, 7) is 3.68. The van der Waals surface area contributed by atoms with Crippen LogP contribution < -0.4 is 11.1 Å². The molecule has 0 unspecified atom stereocenters. The molecule has 5 aromatic rings. The highest BCUT2D eigenvalue weighted by Gasteiger charge is 2.33. The highest BCUT2D eigenvalue weighted by atomic mass is 79.9. The number of phenols is 2. The first-order valence-corrected chi connectivity index (χ1v) is 12.8. The van der Waals surface area contributed by atoms with Gasteiger partial charge in [0.05, 0.1) is 27.0 Å². The lowest BCUT2D eigenvalue weighted by molar-refractivity contribution is 0.400. The number of hydrogen-bond acceptors (Lipinski definition) is 4. The van der Waals surface area contributed by atoms with E-state index in [1.807, 2.05) is 74.5 Å². The van der Waals surface area contributed by atoms with Crippen LogP contribution in [0.25, 0.3) is 11.4 Å². The minimum absolute atomic E-state index is 0.256. The van der Waals surface area contributed by atoms with Gasteiger partial charge >= 0.3 is 0 Å². The molecule has 9 heteroatoms. The van der Waals surface area contributed by atoms with Crippen molar-refractivity contribution in [2.24, 2.45) is 14.1 Å². The van der Waals surface area contributed by atoms with Gasteiger partial charge in [-0.2, -0.15) is 0 Å². The molecular weight excluding hydrogens is 548 g/mol. The summed E-state index contributed by atoms with van der Waals surface area (Å²) in [6.07, 6.45) is 0. The van der Waals surface area contributed by atoms with E-state index in [1.54, 1.807) is 38.9 Å². The molecule has 0 amide bonds. The molecule has 0 fully saturated rings. The lowest BCUT2D eigenvalue weighted by atomic mass is 9.85. The SMILES string of the molecule is Cc1c(C(c2cc(O)c(O)c(Br)c2)c2c(C)n(C)n(-c3ccccc3)c2=O)c(=O)n(-c2ccccc2)n1C. The molecule has 0 atom stereocenters. The summed E-state index contributed by atoms with van der Waals surface area (Å²) in [5.41, 5.74) is 3.45. The number of halogens is 1. The Kier molecular flexibility index (Phi) is 6.40. The quantitative estimate of drug-likeness (QED) is 0.299. The molecule has 0 aliphatic carbocycles. The number of nitrogens with zero attached hydrogens (tertiary/aromatic N) is 4. The number of aromatic hydroxyl groups is 2. The largest absolute Gasteiger partial charge is 0.504 e. The Hall–Kier alpha value is -4.24. The fourth-order valence-corrected chi connectivity index (χ4v) is 5.56. The molecule has 0 bridgehead atoms. The number of aromatic nitrogens is 4.